The molecule has 1 atom stereocenters. The summed E-state index contributed by atoms with van der Waals surface area (Å²) in [4.78, 5) is 5.63. The van der Waals surface area contributed by atoms with Crippen molar-refractivity contribution in [2.45, 2.75) is 17.3 Å². The summed E-state index contributed by atoms with van der Waals surface area (Å²) in [6.45, 7) is 1.99. The predicted octanol–water partition coefficient (Wildman–Crippen LogP) is 4.94. The van der Waals surface area contributed by atoms with Gasteiger partial charge in [0, 0.05) is 10.4 Å². The summed E-state index contributed by atoms with van der Waals surface area (Å²) in [5.74, 6) is 1.78. The average Bonchev–Trinajstić information content (AvgIpc) is 3.42. The SMILES string of the molecule is CC(Sc1n[nH]c(/C=C/c2cccs2)n1)c1nnc(-c2ccccc2)o1. The van der Waals surface area contributed by atoms with Gasteiger partial charge in [0.1, 0.15) is 5.82 Å². The quantitative estimate of drug-likeness (QED) is 0.477. The zero-order valence-corrected chi connectivity index (χ0v) is 15.5. The Kier molecular flexibility index (Phi) is 4.94. The number of benzene rings is 1. The monoisotopic (exact) mass is 381 g/mol. The van der Waals surface area contributed by atoms with E-state index in [1.807, 2.05) is 60.9 Å². The Morgan fingerprint density at radius 2 is 2.00 bits per heavy atom. The summed E-state index contributed by atoms with van der Waals surface area (Å²) in [6.07, 6.45) is 3.92. The first-order chi connectivity index (χ1) is 12.8. The lowest BCUT2D eigenvalue weighted by atomic mass is 10.2. The molecule has 26 heavy (non-hydrogen) atoms. The summed E-state index contributed by atoms with van der Waals surface area (Å²) in [6, 6.07) is 13.8. The third kappa shape index (κ3) is 3.92. The Balaban J connectivity index is 1.42. The van der Waals surface area contributed by atoms with Crippen LogP contribution < -0.4 is 0 Å². The molecule has 1 aromatic carbocycles. The molecule has 4 rings (SSSR count). The van der Waals surface area contributed by atoms with E-state index in [1.54, 1.807) is 11.3 Å². The highest BCUT2D eigenvalue weighted by Gasteiger charge is 2.18. The summed E-state index contributed by atoms with van der Waals surface area (Å²) < 4.78 is 5.79. The van der Waals surface area contributed by atoms with Crippen molar-refractivity contribution in [3.63, 3.8) is 0 Å². The highest BCUT2D eigenvalue weighted by atomic mass is 32.2. The van der Waals surface area contributed by atoms with Gasteiger partial charge in [0.25, 0.3) is 0 Å². The Bertz CT molecular complexity index is 992. The van der Waals surface area contributed by atoms with Crippen LogP contribution in [0.1, 0.15) is 28.8 Å². The largest absolute Gasteiger partial charge is 0.419 e. The van der Waals surface area contributed by atoms with Crippen LogP contribution in [0.3, 0.4) is 0 Å². The molecule has 8 heteroatoms. The number of aromatic amines is 1. The molecule has 130 valence electrons. The Morgan fingerprint density at radius 3 is 2.81 bits per heavy atom. The van der Waals surface area contributed by atoms with Gasteiger partial charge in [-0.3, -0.25) is 5.10 Å². The van der Waals surface area contributed by atoms with Gasteiger partial charge in [0.2, 0.25) is 16.9 Å². The molecule has 6 nitrogen and oxygen atoms in total. The summed E-state index contributed by atoms with van der Waals surface area (Å²) in [7, 11) is 0. The van der Waals surface area contributed by atoms with E-state index in [1.165, 1.54) is 16.6 Å². The van der Waals surface area contributed by atoms with Crippen LogP contribution in [-0.2, 0) is 0 Å². The van der Waals surface area contributed by atoms with Crippen LogP contribution in [0.5, 0.6) is 0 Å². The smallest absolute Gasteiger partial charge is 0.247 e. The van der Waals surface area contributed by atoms with Crippen LogP contribution >= 0.6 is 23.1 Å². The van der Waals surface area contributed by atoms with Gasteiger partial charge in [0.15, 0.2) is 0 Å². The van der Waals surface area contributed by atoms with Crippen LogP contribution in [-0.4, -0.2) is 25.4 Å². The van der Waals surface area contributed by atoms with E-state index < -0.39 is 0 Å². The maximum Gasteiger partial charge on any atom is 0.247 e. The highest BCUT2D eigenvalue weighted by Crippen LogP contribution is 2.33. The van der Waals surface area contributed by atoms with Gasteiger partial charge < -0.3 is 4.42 Å². The van der Waals surface area contributed by atoms with E-state index >= 15 is 0 Å². The maximum atomic E-state index is 5.79. The minimum atomic E-state index is -0.0510. The zero-order valence-electron chi connectivity index (χ0n) is 13.9. The lowest BCUT2D eigenvalue weighted by Crippen LogP contribution is -1.89. The fourth-order valence-electron chi connectivity index (χ4n) is 2.24. The summed E-state index contributed by atoms with van der Waals surface area (Å²) >= 11 is 3.14. The van der Waals surface area contributed by atoms with Crippen molar-refractivity contribution < 1.29 is 4.42 Å². The second kappa shape index (κ2) is 7.67. The van der Waals surface area contributed by atoms with Crippen molar-refractivity contribution >= 4 is 35.3 Å². The Hall–Kier alpha value is -2.71. The minimum Gasteiger partial charge on any atom is -0.419 e. The molecule has 3 aromatic heterocycles. The third-order valence-corrected chi connectivity index (χ3v) is 5.31. The van der Waals surface area contributed by atoms with E-state index in [9.17, 15) is 0 Å². The number of nitrogens with zero attached hydrogens (tertiary/aromatic N) is 4. The van der Waals surface area contributed by atoms with E-state index in [0.717, 1.165) is 5.56 Å². The molecule has 0 fully saturated rings. The molecule has 0 amide bonds. The molecule has 0 saturated carbocycles. The van der Waals surface area contributed by atoms with Gasteiger partial charge in [-0.05, 0) is 42.7 Å². The van der Waals surface area contributed by atoms with Crippen molar-refractivity contribution in [2.75, 3.05) is 0 Å². The number of aromatic nitrogens is 5. The molecule has 0 spiro atoms. The van der Waals surface area contributed by atoms with Crippen LogP contribution in [0.25, 0.3) is 23.6 Å². The minimum absolute atomic E-state index is 0.0510. The van der Waals surface area contributed by atoms with Crippen molar-refractivity contribution in [2.24, 2.45) is 0 Å². The van der Waals surface area contributed by atoms with Crippen molar-refractivity contribution in [1.82, 2.24) is 25.4 Å². The van der Waals surface area contributed by atoms with Crippen molar-refractivity contribution in [1.29, 1.82) is 0 Å². The molecule has 3 heterocycles. The first-order valence-electron chi connectivity index (χ1n) is 7.97. The van der Waals surface area contributed by atoms with Gasteiger partial charge in [-0.25, -0.2) is 4.98 Å². The summed E-state index contributed by atoms with van der Waals surface area (Å²) in [5.41, 5.74) is 0.905. The molecule has 0 radical (unpaired) electrons. The van der Waals surface area contributed by atoms with Crippen molar-refractivity contribution in [3.05, 3.63) is 64.4 Å². The van der Waals surface area contributed by atoms with Gasteiger partial charge >= 0.3 is 0 Å². The topological polar surface area (TPSA) is 80.5 Å². The lowest BCUT2D eigenvalue weighted by molar-refractivity contribution is 0.509. The van der Waals surface area contributed by atoms with E-state index in [0.29, 0.717) is 22.8 Å². The molecule has 0 bridgehead atoms. The van der Waals surface area contributed by atoms with Gasteiger partial charge in [-0.2, -0.15) is 0 Å². The fourth-order valence-corrected chi connectivity index (χ4v) is 3.62. The summed E-state index contributed by atoms with van der Waals surface area (Å²) in [5, 5.41) is 18.1. The number of nitrogens with one attached hydrogen (secondary N) is 1. The fraction of sp³-hybridized carbons (Fsp3) is 0.111. The molecular weight excluding hydrogens is 366 g/mol. The number of hydrogen-bond acceptors (Lipinski definition) is 7. The predicted molar refractivity (Wildman–Crippen MR) is 104 cm³/mol. The average molecular weight is 381 g/mol. The number of rotatable bonds is 6. The van der Waals surface area contributed by atoms with Crippen LogP contribution in [0.2, 0.25) is 0 Å². The standard InChI is InChI=1S/C18H15N5OS2/c1-12(16-21-22-17(24-16)13-6-3-2-4-7-13)26-18-19-15(20-23-18)10-9-14-8-5-11-25-14/h2-12H,1H3,(H,19,20,23)/b10-9+. The van der Waals surface area contributed by atoms with Crippen LogP contribution in [0.4, 0.5) is 0 Å². The maximum absolute atomic E-state index is 5.79. The zero-order chi connectivity index (χ0) is 17.8. The van der Waals surface area contributed by atoms with Crippen LogP contribution in [0, 0.1) is 0 Å². The number of H-pyrrole nitrogens is 1. The number of thiophene rings is 1. The Labute approximate surface area is 158 Å². The van der Waals surface area contributed by atoms with Crippen LogP contribution in [0.15, 0.2) is 57.4 Å². The molecule has 4 aromatic rings. The first kappa shape index (κ1) is 16.7. The Morgan fingerprint density at radius 1 is 1.12 bits per heavy atom. The number of thioether (sulfide) groups is 1. The first-order valence-corrected chi connectivity index (χ1v) is 9.73. The second-order valence-corrected chi connectivity index (χ2v) is 7.71. The molecule has 0 aliphatic heterocycles. The van der Waals surface area contributed by atoms with Gasteiger partial charge in [0.05, 0.1) is 5.25 Å². The molecule has 1 unspecified atom stereocenters. The van der Waals surface area contributed by atoms with E-state index in [-0.39, 0.29) is 5.25 Å². The van der Waals surface area contributed by atoms with E-state index in [2.05, 4.69) is 31.4 Å². The normalized spacial score (nSPS) is 12.7. The highest BCUT2D eigenvalue weighted by molar-refractivity contribution is 7.99. The molecule has 0 aliphatic carbocycles. The lowest BCUT2D eigenvalue weighted by Gasteiger charge is -2.01. The second-order valence-electron chi connectivity index (χ2n) is 5.42. The molecular formula is C18H15N5OS2. The van der Waals surface area contributed by atoms with E-state index in [4.69, 9.17) is 4.42 Å². The third-order valence-electron chi connectivity index (χ3n) is 3.52. The van der Waals surface area contributed by atoms with Crippen molar-refractivity contribution in [3.8, 4) is 11.5 Å². The van der Waals surface area contributed by atoms with Gasteiger partial charge in [-0.1, -0.05) is 36.0 Å². The van der Waals surface area contributed by atoms with Gasteiger partial charge in [-0.15, -0.1) is 26.6 Å². The molecule has 0 saturated heterocycles. The number of hydrogen-bond donors (Lipinski definition) is 1. The molecule has 1 N–H and O–H groups in total. The molecule has 0 aliphatic rings.